The van der Waals surface area contributed by atoms with Gasteiger partial charge in [0.05, 0.1) is 0 Å². The predicted octanol–water partition coefficient (Wildman–Crippen LogP) is 2.75. The Balaban J connectivity index is 1.70. The van der Waals surface area contributed by atoms with E-state index in [9.17, 15) is 22.4 Å². The lowest BCUT2D eigenvalue weighted by Gasteiger charge is -2.30. The zero-order chi connectivity index (χ0) is 28.7. The number of carbonyl (C=O) groups is 2. The molecule has 1 aliphatic rings. The van der Waals surface area contributed by atoms with Crippen molar-refractivity contribution in [2.75, 3.05) is 25.0 Å². The zero-order valence-electron chi connectivity index (χ0n) is 23.0. The average molecular weight is 562 g/mol. The number of nitrogens with one attached hydrogen (secondary N) is 2. The molecule has 0 bridgehead atoms. The highest BCUT2D eigenvalue weighted by Crippen LogP contribution is 2.22. The molecule has 39 heavy (non-hydrogen) atoms. The molecule has 1 saturated heterocycles. The van der Waals surface area contributed by atoms with Gasteiger partial charge in [0.15, 0.2) is 0 Å². The molecule has 214 valence electrons. The van der Waals surface area contributed by atoms with Crippen LogP contribution in [0.1, 0.15) is 39.7 Å². The fourth-order valence-corrected chi connectivity index (χ4v) is 6.57. The lowest BCUT2D eigenvalue weighted by atomic mass is 9.92. The molecule has 0 aromatic heterocycles. The summed E-state index contributed by atoms with van der Waals surface area (Å²) in [6.07, 6.45) is 0.683. The number of hydrogen-bond acceptors (Lipinski definition) is 5. The van der Waals surface area contributed by atoms with E-state index in [0.717, 1.165) is 5.56 Å². The Labute approximate surface area is 231 Å². The molecule has 4 atom stereocenters. The minimum Gasteiger partial charge on any atom is -0.350 e. The molecule has 9 nitrogen and oxygen atoms in total. The molecule has 4 N–H and O–H groups in total. The number of nitrogens with zero attached hydrogens (tertiary/aromatic N) is 2. The van der Waals surface area contributed by atoms with Gasteiger partial charge < -0.3 is 16.4 Å². The van der Waals surface area contributed by atoms with Crippen LogP contribution in [0.25, 0.3) is 0 Å². The van der Waals surface area contributed by atoms with Gasteiger partial charge >= 0.3 is 0 Å². The first-order valence-electron chi connectivity index (χ1n) is 13.3. The minimum atomic E-state index is -3.75. The third-order valence-corrected chi connectivity index (χ3v) is 8.98. The van der Waals surface area contributed by atoms with Crippen LogP contribution in [0.3, 0.4) is 0 Å². The average Bonchev–Trinajstić information content (AvgIpc) is 3.17. The van der Waals surface area contributed by atoms with Crippen LogP contribution >= 0.6 is 0 Å². The third-order valence-electron chi connectivity index (χ3n) is 6.90. The summed E-state index contributed by atoms with van der Waals surface area (Å²) in [5.41, 5.74) is 7.99. The van der Waals surface area contributed by atoms with E-state index in [0.29, 0.717) is 25.2 Å². The number of anilines is 1. The van der Waals surface area contributed by atoms with Crippen molar-refractivity contribution < 1.29 is 22.4 Å². The largest absolute Gasteiger partial charge is 0.350 e. The van der Waals surface area contributed by atoms with Crippen molar-refractivity contribution in [1.82, 2.24) is 13.9 Å². The number of halogens is 1. The van der Waals surface area contributed by atoms with Crippen molar-refractivity contribution in [2.24, 2.45) is 17.6 Å². The summed E-state index contributed by atoms with van der Waals surface area (Å²) in [7, 11) is -3.75. The van der Waals surface area contributed by atoms with Gasteiger partial charge in [-0.05, 0) is 55.5 Å². The van der Waals surface area contributed by atoms with Gasteiger partial charge in [-0.25, -0.2) is 4.39 Å². The summed E-state index contributed by atoms with van der Waals surface area (Å²) >= 11 is 0. The van der Waals surface area contributed by atoms with Crippen LogP contribution in [-0.4, -0.2) is 66.6 Å². The third kappa shape index (κ3) is 8.31. The molecule has 1 heterocycles. The molecule has 11 heteroatoms. The molecular weight excluding hydrogens is 521 g/mol. The highest BCUT2D eigenvalue weighted by molar-refractivity contribution is 7.87. The van der Waals surface area contributed by atoms with E-state index in [1.165, 1.54) is 32.9 Å². The van der Waals surface area contributed by atoms with Crippen LogP contribution in [-0.2, 0) is 26.2 Å². The summed E-state index contributed by atoms with van der Waals surface area (Å²) in [5.74, 6) is -1.44. The maximum atomic E-state index is 13.3. The van der Waals surface area contributed by atoms with Crippen molar-refractivity contribution in [3.63, 3.8) is 0 Å². The second kappa shape index (κ2) is 13.5. The Kier molecular flexibility index (Phi) is 10.6. The van der Waals surface area contributed by atoms with Gasteiger partial charge in [-0.15, -0.1) is 0 Å². The molecule has 1 aliphatic heterocycles. The van der Waals surface area contributed by atoms with Crippen molar-refractivity contribution in [3.8, 4) is 0 Å². The van der Waals surface area contributed by atoms with Gasteiger partial charge in [-0.3, -0.25) is 9.59 Å². The normalized spacial score (nSPS) is 18.8. The van der Waals surface area contributed by atoms with E-state index in [1.807, 2.05) is 44.2 Å². The van der Waals surface area contributed by atoms with Crippen LogP contribution in [0.4, 0.5) is 10.1 Å². The fourth-order valence-electron chi connectivity index (χ4n) is 4.67. The fraction of sp³-hybridized carbons (Fsp3) is 0.500. The second-order valence-electron chi connectivity index (χ2n) is 10.6. The Morgan fingerprint density at radius 3 is 2.23 bits per heavy atom. The van der Waals surface area contributed by atoms with E-state index >= 15 is 0 Å². The predicted molar refractivity (Wildman–Crippen MR) is 150 cm³/mol. The van der Waals surface area contributed by atoms with Crippen molar-refractivity contribution in [3.05, 3.63) is 66.0 Å². The monoisotopic (exact) mass is 561 g/mol. The summed E-state index contributed by atoms with van der Waals surface area (Å²) in [4.78, 5) is 26.1. The summed E-state index contributed by atoms with van der Waals surface area (Å²) in [6.45, 7) is 8.19. The summed E-state index contributed by atoms with van der Waals surface area (Å²) in [5, 5.41) is 5.73. The Morgan fingerprint density at radius 2 is 1.62 bits per heavy atom. The lowest BCUT2D eigenvalue weighted by molar-refractivity contribution is -0.125. The molecule has 0 aliphatic carbocycles. The number of nitrogens with two attached hydrogens (primary N) is 1. The van der Waals surface area contributed by atoms with E-state index in [-0.39, 0.29) is 24.8 Å². The maximum Gasteiger partial charge on any atom is 0.282 e. The van der Waals surface area contributed by atoms with Gasteiger partial charge in [-0.2, -0.15) is 17.0 Å². The Bertz CT molecular complexity index is 1210. The molecule has 0 spiro atoms. The van der Waals surface area contributed by atoms with Crippen LogP contribution in [0.2, 0.25) is 0 Å². The van der Waals surface area contributed by atoms with E-state index in [2.05, 4.69) is 10.6 Å². The first-order chi connectivity index (χ1) is 18.4. The molecule has 0 radical (unpaired) electrons. The van der Waals surface area contributed by atoms with Crippen molar-refractivity contribution in [1.29, 1.82) is 0 Å². The van der Waals surface area contributed by atoms with Gasteiger partial charge in [0.1, 0.15) is 11.9 Å². The van der Waals surface area contributed by atoms with Gasteiger partial charge in [0.2, 0.25) is 11.8 Å². The van der Waals surface area contributed by atoms with Crippen molar-refractivity contribution >= 4 is 27.7 Å². The number of amides is 2. The number of carbonyl (C=O) groups excluding carboxylic acids is 2. The first kappa shape index (κ1) is 30.7. The van der Waals surface area contributed by atoms with Gasteiger partial charge in [0.25, 0.3) is 10.2 Å². The molecule has 3 rings (SSSR count). The summed E-state index contributed by atoms with van der Waals surface area (Å²) in [6, 6.07) is 13.0. The number of hydrogen-bond donors (Lipinski definition) is 3. The standard InChI is InChI=1S/C28H40FN5O4S/c1-19(2)18-33-14-15-34(39(33,37)38)21(4)28(36)32-26(17-22-8-6-5-7-9-22)25(30)16-20(3)27(35)31-24-12-10-23(29)11-13-24/h5-13,19-21,25-26H,14-18,30H2,1-4H3,(H,31,35)(H,32,36)/t20-,21-,25+,26+/m1/s1. The number of benzene rings is 2. The molecule has 2 aromatic carbocycles. The quantitative estimate of drug-likeness (QED) is 0.368. The lowest BCUT2D eigenvalue weighted by Crippen LogP contribution is -2.55. The molecular formula is C28H40FN5O4S. The Morgan fingerprint density at radius 1 is 0.974 bits per heavy atom. The second-order valence-corrected chi connectivity index (χ2v) is 12.5. The van der Waals surface area contributed by atoms with Crippen molar-refractivity contribution in [2.45, 2.75) is 58.7 Å². The molecule has 2 aromatic rings. The molecule has 1 fully saturated rings. The minimum absolute atomic E-state index is 0.166. The van der Waals surface area contributed by atoms with Crippen LogP contribution in [0, 0.1) is 17.7 Å². The Hall–Kier alpha value is -2.86. The highest BCUT2D eigenvalue weighted by Gasteiger charge is 2.42. The number of rotatable bonds is 12. The molecule has 0 saturated carbocycles. The highest BCUT2D eigenvalue weighted by atomic mass is 32.2. The zero-order valence-corrected chi connectivity index (χ0v) is 23.8. The van der Waals surface area contributed by atoms with Crippen LogP contribution in [0.15, 0.2) is 54.6 Å². The van der Waals surface area contributed by atoms with E-state index < -0.39 is 46.0 Å². The van der Waals surface area contributed by atoms with Crippen LogP contribution in [0.5, 0.6) is 0 Å². The SMILES string of the molecule is CC(C)CN1CCN([C@H](C)C(=O)N[C@@H](Cc2ccccc2)[C@@H](N)C[C@@H](C)C(=O)Nc2ccc(F)cc2)S1(=O)=O. The van der Waals surface area contributed by atoms with Crippen LogP contribution < -0.4 is 16.4 Å². The first-order valence-corrected chi connectivity index (χ1v) is 14.7. The molecule has 0 unspecified atom stereocenters. The van der Waals surface area contributed by atoms with Gasteiger partial charge in [-0.1, -0.05) is 51.1 Å². The summed E-state index contributed by atoms with van der Waals surface area (Å²) < 4.78 is 41.9. The maximum absolute atomic E-state index is 13.3. The van der Waals surface area contributed by atoms with Gasteiger partial charge in [0, 0.05) is 43.3 Å². The smallest absolute Gasteiger partial charge is 0.282 e. The van der Waals surface area contributed by atoms with E-state index in [1.54, 1.807) is 13.8 Å². The van der Waals surface area contributed by atoms with E-state index in [4.69, 9.17) is 5.73 Å². The molecule has 2 amide bonds. The topological polar surface area (TPSA) is 125 Å².